The fourth-order valence-corrected chi connectivity index (χ4v) is 3.07. The van der Waals surface area contributed by atoms with Crippen molar-refractivity contribution in [2.75, 3.05) is 6.61 Å². The molecule has 0 radical (unpaired) electrons. The molecule has 0 saturated carbocycles. The molecule has 4 nitrogen and oxygen atoms in total. The Hall–Kier alpha value is -2.72. The highest BCUT2D eigenvalue weighted by Crippen LogP contribution is 2.35. The van der Waals surface area contributed by atoms with E-state index in [4.69, 9.17) is 22.1 Å². The number of halogens is 1. The van der Waals surface area contributed by atoms with Crippen LogP contribution in [0.5, 0.6) is 0 Å². The number of rotatable bonds is 4. The van der Waals surface area contributed by atoms with Gasteiger partial charge in [-0.15, -0.1) is 0 Å². The van der Waals surface area contributed by atoms with Crippen molar-refractivity contribution in [1.29, 1.82) is 0 Å². The number of ether oxygens (including phenoxy) is 1. The van der Waals surface area contributed by atoms with Gasteiger partial charge >= 0.3 is 5.97 Å². The monoisotopic (exact) mass is 354 g/mol. The Kier molecular flexibility index (Phi) is 5.10. The van der Waals surface area contributed by atoms with Gasteiger partial charge in [0.05, 0.1) is 12.2 Å². The molecule has 3 N–H and O–H groups in total. The predicted octanol–water partition coefficient (Wildman–Crippen LogP) is 3.80. The number of carbonyl (C=O) groups is 1. The van der Waals surface area contributed by atoms with Crippen molar-refractivity contribution in [2.24, 2.45) is 5.73 Å². The van der Waals surface area contributed by atoms with Gasteiger partial charge in [-0.1, -0.05) is 54.1 Å². The van der Waals surface area contributed by atoms with Crippen LogP contribution in [0.2, 0.25) is 5.02 Å². The lowest BCUT2D eigenvalue weighted by Crippen LogP contribution is -2.31. The summed E-state index contributed by atoms with van der Waals surface area (Å²) in [6, 6.07) is 17.2. The first-order valence-electron chi connectivity index (χ1n) is 8.06. The third-order valence-corrected chi connectivity index (χ3v) is 4.23. The van der Waals surface area contributed by atoms with Gasteiger partial charge in [0, 0.05) is 16.6 Å². The molecule has 1 heterocycles. The standard InChI is InChI=1S/C20H19ClN2O2/c1-2-25-20(24)18-16(14-9-6-10-15(21)11-14)12-17(23-19(18)22)13-7-4-3-5-8-13/h3-12,16,23H,2,22H2,1H3. The third kappa shape index (κ3) is 3.69. The molecular weight excluding hydrogens is 336 g/mol. The maximum absolute atomic E-state index is 12.5. The number of benzene rings is 2. The fraction of sp³-hybridized carbons (Fsp3) is 0.150. The number of nitrogens with one attached hydrogen (secondary N) is 1. The quantitative estimate of drug-likeness (QED) is 0.820. The molecule has 3 rings (SSSR count). The van der Waals surface area contributed by atoms with E-state index < -0.39 is 5.97 Å². The van der Waals surface area contributed by atoms with E-state index in [0.29, 0.717) is 16.4 Å². The Bertz CT molecular complexity index is 844. The molecule has 2 aromatic carbocycles. The van der Waals surface area contributed by atoms with Gasteiger partial charge in [-0.2, -0.15) is 0 Å². The van der Waals surface area contributed by atoms with Crippen LogP contribution in [0.15, 0.2) is 72.1 Å². The molecule has 0 aliphatic carbocycles. The highest BCUT2D eigenvalue weighted by atomic mass is 35.5. The summed E-state index contributed by atoms with van der Waals surface area (Å²) in [7, 11) is 0. The van der Waals surface area contributed by atoms with E-state index >= 15 is 0 Å². The summed E-state index contributed by atoms with van der Waals surface area (Å²) in [5.74, 6) is -0.472. The van der Waals surface area contributed by atoms with Gasteiger partial charge in [0.25, 0.3) is 0 Å². The zero-order chi connectivity index (χ0) is 17.8. The molecule has 0 amide bonds. The van der Waals surface area contributed by atoms with Gasteiger partial charge in [-0.05, 0) is 36.3 Å². The van der Waals surface area contributed by atoms with E-state index in [0.717, 1.165) is 16.8 Å². The SMILES string of the molecule is CCOC(=O)C1=C(N)NC(c2ccccc2)=CC1c1cccc(Cl)c1. The summed E-state index contributed by atoms with van der Waals surface area (Å²) >= 11 is 6.14. The van der Waals surface area contributed by atoms with Crippen LogP contribution in [0.1, 0.15) is 24.0 Å². The van der Waals surface area contributed by atoms with Crippen LogP contribution in [0, 0.1) is 0 Å². The minimum absolute atomic E-state index is 0.285. The average molecular weight is 355 g/mol. The average Bonchev–Trinajstić information content (AvgIpc) is 2.62. The van der Waals surface area contributed by atoms with E-state index in [-0.39, 0.29) is 12.5 Å². The molecule has 5 heteroatoms. The molecule has 1 unspecified atom stereocenters. The van der Waals surface area contributed by atoms with Gasteiger partial charge in [0.1, 0.15) is 5.82 Å². The Balaban J connectivity index is 2.09. The smallest absolute Gasteiger partial charge is 0.338 e. The molecule has 0 saturated heterocycles. The topological polar surface area (TPSA) is 64.3 Å². The van der Waals surface area contributed by atoms with E-state index in [2.05, 4.69) is 5.32 Å². The Morgan fingerprint density at radius 2 is 1.96 bits per heavy atom. The highest BCUT2D eigenvalue weighted by Gasteiger charge is 2.30. The largest absolute Gasteiger partial charge is 0.463 e. The van der Waals surface area contributed by atoms with Crippen molar-refractivity contribution in [3.05, 3.63) is 88.2 Å². The molecule has 25 heavy (non-hydrogen) atoms. The summed E-state index contributed by atoms with van der Waals surface area (Å²) in [4.78, 5) is 12.5. The van der Waals surface area contributed by atoms with Crippen LogP contribution >= 0.6 is 11.6 Å². The van der Waals surface area contributed by atoms with Crippen LogP contribution in [-0.2, 0) is 9.53 Å². The Morgan fingerprint density at radius 1 is 1.20 bits per heavy atom. The number of dihydropyridines is 1. The zero-order valence-electron chi connectivity index (χ0n) is 13.8. The van der Waals surface area contributed by atoms with Gasteiger partial charge in [0.2, 0.25) is 0 Å². The highest BCUT2D eigenvalue weighted by molar-refractivity contribution is 6.30. The molecule has 128 valence electrons. The number of allylic oxidation sites excluding steroid dienone is 1. The second kappa shape index (κ2) is 7.45. The van der Waals surface area contributed by atoms with Gasteiger partial charge in [0.15, 0.2) is 0 Å². The molecule has 0 aromatic heterocycles. The number of nitrogens with two attached hydrogens (primary N) is 1. The van der Waals surface area contributed by atoms with Gasteiger partial charge in [-0.3, -0.25) is 0 Å². The number of carbonyl (C=O) groups excluding carboxylic acids is 1. The van der Waals surface area contributed by atoms with Crippen LogP contribution in [-0.4, -0.2) is 12.6 Å². The number of hydrogen-bond acceptors (Lipinski definition) is 4. The zero-order valence-corrected chi connectivity index (χ0v) is 14.6. The normalized spacial score (nSPS) is 16.9. The lowest BCUT2D eigenvalue weighted by Gasteiger charge is -2.26. The van der Waals surface area contributed by atoms with Crippen molar-refractivity contribution >= 4 is 23.3 Å². The lowest BCUT2D eigenvalue weighted by atomic mass is 9.87. The second-order valence-electron chi connectivity index (χ2n) is 5.65. The van der Waals surface area contributed by atoms with E-state index in [1.165, 1.54) is 0 Å². The van der Waals surface area contributed by atoms with Gasteiger partial charge in [-0.25, -0.2) is 4.79 Å². The van der Waals surface area contributed by atoms with Crippen molar-refractivity contribution < 1.29 is 9.53 Å². The molecule has 0 bridgehead atoms. The van der Waals surface area contributed by atoms with E-state index in [1.54, 1.807) is 13.0 Å². The lowest BCUT2D eigenvalue weighted by molar-refractivity contribution is -0.138. The maximum Gasteiger partial charge on any atom is 0.338 e. The maximum atomic E-state index is 12.5. The van der Waals surface area contributed by atoms with Crippen LogP contribution < -0.4 is 11.1 Å². The van der Waals surface area contributed by atoms with Crippen molar-refractivity contribution in [3.63, 3.8) is 0 Å². The Morgan fingerprint density at radius 3 is 2.64 bits per heavy atom. The molecule has 2 aromatic rings. The fourth-order valence-electron chi connectivity index (χ4n) is 2.87. The van der Waals surface area contributed by atoms with Crippen LogP contribution in [0.25, 0.3) is 5.70 Å². The van der Waals surface area contributed by atoms with Crippen molar-refractivity contribution in [1.82, 2.24) is 5.32 Å². The van der Waals surface area contributed by atoms with Crippen molar-refractivity contribution in [3.8, 4) is 0 Å². The molecular formula is C20H19ClN2O2. The van der Waals surface area contributed by atoms with Gasteiger partial charge < -0.3 is 15.8 Å². The summed E-state index contributed by atoms with van der Waals surface area (Å²) in [5.41, 5.74) is 9.30. The minimum atomic E-state index is -0.430. The first kappa shape index (κ1) is 17.1. The number of hydrogen-bond donors (Lipinski definition) is 2. The summed E-state index contributed by atoms with van der Waals surface area (Å²) in [6.07, 6.45) is 1.98. The van der Waals surface area contributed by atoms with Crippen LogP contribution in [0.4, 0.5) is 0 Å². The van der Waals surface area contributed by atoms with Crippen molar-refractivity contribution in [2.45, 2.75) is 12.8 Å². The van der Waals surface area contributed by atoms with E-state index in [1.807, 2.05) is 54.6 Å². The molecule has 0 fully saturated rings. The molecule has 1 aliphatic heterocycles. The summed E-state index contributed by atoms with van der Waals surface area (Å²) in [5, 5.41) is 3.73. The predicted molar refractivity (Wildman–Crippen MR) is 99.6 cm³/mol. The molecule has 0 spiro atoms. The Labute approximate surface area is 151 Å². The summed E-state index contributed by atoms with van der Waals surface area (Å²) < 4.78 is 5.20. The first-order chi connectivity index (χ1) is 12.1. The second-order valence-corrected chi connectivity index (χ2v) is 6.09. The molecule has 1 atom stereocenters. The number of esters is 1. The third-order valence-electron chi connectivity index (χ3n) is 3.99. The first-order valence-corrected chi connectivity index (χ1v) is 8.44. The molecule has 1 aliphatic rings. The summed E-state index contributed by atoms with van der Waals surface area (Å²) in [6.45, 7) is 2.05. The minimum Gasteiger partial charge on any atom is -0.463 e. The van der Waals surface area contributed by atoms with E-state index in [9.17, 15) is 4.79 Å². The van der Waals surface area contributed by atoms with Crippen LogP contribution in [0.3, 0.4) is 0 Å².